The van der Waals surface area contributed by atoms with Gasteiger partial charge in [-0.1, -0.05) is 36.2 Å². The molecular formula is C21H23ClN2O3S. The van der Waals surface area contributed by atoms with Crippen LogP contribution in [0.1, 0.15) is 37.7 Å². The Morgan fingerprint density at radius 1 is 1.25 bits per heavy atom. The maximum Gasteiger partial charge on any atom is 0.306 e. The number of fused-ring (bicyclic) bond motifs is 2. The highest BCUT2D eigenvalue weighted by Gasteiger charge is 2.40. The van der Waals surface area contributed by atoms with Crippen LogP contribution in [0.25, 0.3) is 0 Å². The molecule has 0 spiro atoms. The van der Waals surface area contributed by atoms with Crippen LogP contribution >= 0.6 is 22.9 Å². The molecule has 1 heterocycles. The molecule has 3 atom stereocenters. The van der Waals surface area contributed by atoms with Crippen LogP contribution in [0, 0.1) is 17.8 Å². The number of carbonyl (C=O) groups excluding carboxylic acids is 2. The summed E-state index contributed by atoms with van der Waals surface area (Å²) in [5, 5.41) is 2.54. The monoisotopic (exact) mass is 418 g/mol. The van der Waals surface area contributed by atoms with Crippen molar-refractivity contribution in [3.8, 4) is 0 Å². The number of amides is 1. The maximum absolute atomic E-state index is 12.2. The molecule has 28 heavy (non-hydrogen) atoms. The van der Waals surface area contributed by atoms with Crippen LogP contribution in [-0.2, 0) is 20.9 Å². The van der Waals surface area contributed by atoms with Crippen molar-refractivity contribution in [1.82, 2.24) is 4.57 Å². The van der Waals surface area contributed by atoms with E-state index < -0.39 is 5.91 Å². The van der Waals surface area contributed by atoms with E-state index in [9.17, 15) is 9.59 Å². The lowest BCUT2D eigenvalue weighted by molar-refractivity contribution is -0.149. The number of rotatable bonds is 6. The molecule has 1 amide bonds. The molecule has 2 bridgehead atoms. The summed E-state index contributed by atoms with van der Waals surface area (Å²) >= 11 is 7.58. The van der Waals surface area contributed by atoms with Crippen LogP contribution < -0.4 is 4.80 Å². The van der Waals surface area contributed by atoms with E-state index in [4.69, 9.17) is 16.3 Å². The average Bonchev–Trinajstić information content (AvgIpc) is 3.40. The first kappa shape index (κ1) is 19.4. The Hall–Kier alpha value is -1.92. The van der Waals surface area contributed by atoms with Crippen LogP contribution in [-0.4, -0.2) is 23.1 Å². The Morgan fingerprint density at radius 2 is 2.11 bits per heavy atom. The van der Waals surface area contributed by atoms with Gasteiger partial charge in [0.15, 0.2) is 11.4 Å². The number of benzene rings is 1. The van der Waals surface area contributed by atoms with E-state index in [1.54, 1.807) is 0 Å². The fraction of sp³-hybridized carbons (Fsp3) is 0.476. The molecular weight excluding hydrogens is 396 g/mol. The molecule has 2 aromatic rings. The maximum atomic E-state index is 12.2. The number of nitrogens with zero attached hydrogens (tertiary/aromatic N) is 2. The lowest BCUT2D eigenvalue weighted by Gasteiger charge is -2.20. The first-order valence-corrected chi connectivity index (χ1v) is 10.9. The van der Waals surface area contributed by atoms with Crippen molar-refractivity contribution in [2.24, 2.45) is 22.7 Å². The van der Waals surface area contributed by atoms with Gasteiger partial charge in [-0.3, -0.25) is 9.59 Å². The largest absolute Gasteiger partial charge is 0.455 e. The van der Waals surface area contributed by atoms with Crippen LogP contribution in [0.15, 0.2) is 40.8 Å². The van der Waals surface area contributed by atoms with Gasteiger partial charge in [-0.05, 0) is 48.6 Å². The van der Waals surface area contributed by atoms with Crippen molar-refractivity contribution in [3.63, 3.8) is 0 Å². The number of hydrogen-bond acceptors (Lipinski definition) is 4. The standard InChI is InChI=1S/C21H23ClN2O3S/c22-18-4-2-1-3-16(18)12-24-7-8-28-21(24)23-19(25)13-27-20(26)11-17-10-14-5-6-15(17)9-14/h1-4,7-8,14-15,17H,5-6,9-13H2/t14-,15+,17+/m0/s1. The number of ether oxygens (including phenoxy) is 1. The predicted octanol–water partition coefficient (Wildman–Crippen LogP) is 4.05. The van der Waals surface area contributed by atoms with E-state index in [0.717, 1.165) is 17.9 Å². The summed E-state index contributed by atoms with van der Waals surface area (Å²) in [5.41, 5.74) is 0.953. The summed E-state index contributed by atoms with van der Waals surface area (Å²) < 4.78 is 7.05. The van der Waals surface area contributed by atoms with Gasteiger partial charge in [-0.25, -0.2) is 0 Å². The van der Waals surface area contributed by atoms with Gasteiger partial charge in [0.05, 0.1) is 6.54 Å². The molecule has 0 radical (unpaired) electrons. The van der Waals surface area contributed by atoms with Gasteiger partial charge in [0.25, 0.3) is 5.91 Å². The molecule has 5 nitrogen and oxygen atoms in total. The predicted molar refractivity (Wildman–Crippen MR) is 108 cm³/mol. The van der Waals surface area contributed by atoms with Gasteiger partial charge in [0.1, 0.15) is 0 Å². The molecule has 148 valence electrons. The SMILES string of the molecule is O=C(COC(=O)C[C@H]1C[C@H]2CC[C@@H]1C2)N=c1sccn1Cc1ccccc1Cl. The number of esters is 1. The van der Waals surface area contributed by atoms with E-state index >= 15 is 0 Å². The molecule has 2 aliphatic carbocycles. The summed E-state index contributed by atoms with van der Waals surface area (Å²) in [4.78, 5) is 28.9. The van der Waals surface area contributed by atoms with E-state index in [1.165, 1.54) is 30.6 Å². The molecule has 2 fully saturated rings. The molecule has 0 unspecified atom stereocenters. The number of carbonyl (C=O) groups is 2. The minimum Gasteiger partial charge on any atom is -0.455 e. The lowest BCUT2D eigenvalue weighted by atomic mass is 9.86. The third kappa shape index (κ3) is 4.55. The highest BCUT2D eigenvalue weighted by atomic mass is 35.5. The minimum atomic E-state index is -0.448. The molecule has 2 aliphatic rings. The molecule has 2 saturated carbocycles. The average molecular weight is 419 g/mol. The van der Waals surface area contributed by atoms with Crippen molar-refractivity contribution < 1.29 is 14.3 Å². The highest BCUT2D eigenvalue weighted by Crippen LogP contribution is 2.49. The minimum absolute atomic E-state index is 0.281. The summed E-state index contributed by atoms with van der Waals surface area (Å²) in [6.07, 6.45) is 7.23. The summed E-state index contributed by atoms with van der Waals surface area (Å²) in [7, 11) is 0. The third-order valence-corrected chi connectivity index (χ3v) is 7.01. The Kier molecular flexibility index (Phi) is 5.97. The van der Waals surface area contributed by atoms with Gasteiger partial charge in [0.2, 0.25) is 0 Å². The molecule has 1 aromatic carbocycles. The van der Waals surface area contributed by atoms with Crippen molar-refractivity contribution >= 4 is 34.8 Å². The normalized spacial score (nSPS) is 23.9. The molecule has 0 saturated heterocycles. The fourth-order valence-electron chi connectivity index (χ4n) is 4.50. The van der Waals surface area contributed by atoms with Gasteiger partial charge < -0.3 is 9.30 Å². The summed E-state index contributed by atoms with van der Waals surface area (Å²) in [6, 6.07) is 7.58. The van der Waals surface area contributed by atoms with E-state index in [2.05, 4.69) is 4.99 Å². The summed E-state index contributed by atoms with van der Waals surface area (Å²) in [6.45, 7) is 0.225. The Morgan fingerprint density at radius 3 is 2.86 bits per heavy atom. The Balaban J connectivity index is 1.32. The molecule has 0 aliphatic heterocycles. The highest BCUT2D eigenvalue weighted by molar-refractivity contribution is 7.07. The van der Waals surface area contributed by atoms with Gasteiger partial charge in [-0.15, -0.1) is 11.3 Å². The topological polar surface area (TPSA) is 60.7 Å². The zero-order chi connectivity index (χ0) is 19.5. The second kappa shape index (κ2) is 8.62. The fourth-order valence-corrected chi connectivity index (χ4v) is 5.44. The van der Waals surface area contributed by atoms with Crippen LogP contribution in [0.5, 0.6) is 0 Å². The number of hydrogen-bond donors (Lipinski definition) is 0. The number of aromatic nitrogens is 1. The van der Waals surface area contributed by atoms with E-state index in [-0.39, 0.29) is 12.6 Å². The van der Waals surface area contributed by atoms with E-state index in [0.29, 0.717) is 34.6 Å². The summed E-state index contributed by atoms with van der Waals surface area (Å²) in [5.74, 6) is 1.18. The van der Waals surface area contributed by atoms with Crippen LogP contribution in [0.3, 0.4) is 0 Å². The van der Waals surface area contributed by atoms with Gasteiger partial charge in [0, 0.05) is 23.0 Å². The van der Waals surface area contributed by atoms with Crippen LogP contribution in [0.4, 0.5) is 0 Å². The second-order valence-corrected chi connectivity index (χ2v) is 8.99. The Labute approximate surface area is 173 Å². The molecule has 0 N–H and O–H groups in total. The lowest BCUT2D eigenvalue weighted by Crippen LogP contribution is -2.21. The van der Waals surface area contributed by atoms with Crippen LogP contribution in [0.2, 0.25) is 5.02 Å². The molecule has 7 heteroatoms. The van der Waals surface area contributed by atoms with Crippen molar-refractivity contribution in [1.29, 1.82) is 0 Å². The van der Waals surface area contributed by atoms with Crippen molar-refractivity contribution in [2.45, 2.75) is 38.6 Å². The molecule has 4 rings (SSSR count). The first-order valence-electron chi connectivity index (χ1n) is 9.69. The molecule has 1 aromatic heterocycles. The zero-order valence-corrected chi connectivity index (χ0v) is 17.1. The second-order valence-electron chi connectivity index (χ2n) is 7.71. The van der Waals surface area contributed by atoms with Crippen molar-refractivity contribution in [3.05, 3.63) is 51.2 Å². The van der Waals surface area contributed by atoms with Gasteiger partial charge >= 0.3 is 5.97 Å². The number of thiazole rings is 1. The Bertz CT molecular complexity index is 935. The quantitative estimate of drug-likeness (QED) is 0.665. The zero-order valence-electron chi connectivity index (χ0n) is 15.6. The van der Waals surface area contributed by atoms with Gasteiger partial charge in [-0.2, -0.15) is 4.99 Å². The smallest absolute Gasteiger partial charge is 0.306 e. The van der Waals surface area contributed by atoms with E-state index in [1.807, 2.05) is 40.4 Å². The first-order chi connectivity index (χ1) is 13.6. The number of halogens is 1. The van der Waals surface area contributed by atoms with Crippen molar-refractivity contribution in [2.75, 3.05) is 6.61 Å². The third-order valence-electron chi connectivity index (χ3n) is 5.85.